The van der Waals surface area contributed by atoms with Gasteiger partial charge in [0.1, 0.15) is 0 Å². The molecule has 222 valence electrons. The van der Waals surface area contributed by atoms with E-state index in [0.717, 1.165) is 6.07 Å². The van der Waals surface area contributed by atoms with Gasteiger partial charge in [-0.25, -0.2) is 8.78 Å². The van der Waals surface area contributed by atoms with Crippen LogP contribution in [0.15, 0.2) is 36.4 Å². The van der Waals surface area contributed by atoms with Gasteiger partial charge >= 0.3 is 42.2 Å². The van der Waals surface area contributed by atoms with Crippen molar-refractivity contribution in [2.24, 2.45) is 0 Å². The maximum absolute atomic E-state index is 13.6. The van der Waals surface area contributed by atoms with E-state index in [1.54, 1.807) is 0 Å². The monoisotopic (exact) mass is 604 g/mol. The minimum absolute atomic E-state index is 0.0227. The number of nitrogen functional groups attached to an aromatic ring is 2. The van der Waals surface area contributed by atoms with Gasteiger partial charge in [0, 0.05) is 22.5 Å². The highest BCUT2D eigenvalue weighted by atomic mass is 19.4. The molecule has 0 radical (unpaired) electrons. The van der Waals surface area contributed by atoms with Crippen molar-refractivity contribution in [3.05, 3.63) is 58.7 Å². The predicted molar refractivity (Wildman–Crippen MR) is 101 cm³/mol. The zero-order chi connectivity index (χ0) is 31.2. The fraction of sp³-hybridized carbons (Fsp3) is 0.400. The largest absolute Gasteiger partial charge is 0.435 e. The molecule has 0 unspecified atom stereocenters. The highest BCUT2D eigenvalue weighted by Crippen LogP contribution is 2.55. The molecule has 4 N–H and O–H groups in total. The lowest BCUT2D eigenvalue weighted by Gasteiger charge is -2.30. The van der Waals surface area contributed by atoms with Crippen molar-refractivity contribution in [2.45, 2.75) is 49.1 Å². The highest BCUT2D eigenvalue weighted by Gasteiger charge is 2.74. The van der Waals surface area contributed by atoms with Crippen molar-refractivity contribution in [3.63, 3.8) is 0 Å². The van der Waals surface area contributed by atoms with E-state index in [-0.39, 0.29) is 23.4 Å². The summed E-state index contributed by atoms with van der Waals surface area (Å²) < 4.78 is 213. The van der Waals surface area contributed by atoms with Gasteiger partial charge in [0.15, 0.2) is 0 Å². The van der Waals surface area contributed by atoms with E-state index >= 15 is 0 Å². The summed E-state index contributed by atoms with van der Waals surface area (Å²) >= 11 is 0. The van der Waals surface area contributed by atoms with Gasteiger partial charge in [-0.3, -0.25) is 0 Å². The molecule has 2 rings (SSSR count). The number of alkyl halides is 17. The molecule has 2 nitrogen and oxygen atoms in total. The lowest BCUT2D eigenvalue weighted by Crippen LogP contribution is -2.50. The van der Waals surface area contributed by atoms with E-state index in [1.807, 2.05) is 0 Å². The van der Waals surface area contributed by atoms with Crippen molar-refractivity contribution >= 4 is 11.4 Å². The Morgan fingerprint density at radius 1 is 0.462 bits per heavy atom. The van der Waals surface area contributed by atoms with Gasteiger partial charge in [-0.05, 0) is 30.7 Å². The Bertz CT molecular complexity index is 1130. The molecule has 0 amide bonds. The zero-order valence-electron chi connectivity index (χ0n) is 18.5. The summed E-state index contributed by atoms with van der Waals surface area (Å²) in [5.41, 5.74) is -8.23. The van der Waals surface area contributed by atoms with E-state index in [4.69, 9.17) is 11.5 Å². The first kappa shape index (κ1) is 33.9. The number of hydrogen-bond donors (Lipinski definition) is 2. The van der Waals surface area contributed by atoms with Crippen molar-refractivity contribution < 1.29 is 74.6 Å². The predicted octanol–water partition coefficient (Wildman–Crippen LogP) is 8.44. The second-order valence-electron chi connectivity index (χ2n) is 7.68. The average molecular weight is 604 g/mol. The number of rotatable bonds is 2. The smallest absolute Gasteiger partial charge is 0.399 e. The van der Waals surface area contributed by atoms with Gasteiger partial charge in [0.05, 0.1) is 5.56 Å². The molecule has 19 heteroatoms. The third-order valence-corrected chi connectivity index (χ3v) is 4.99. The fourth-order valence-corrected chi connectivity index (χ4v) is 2.88. The normalized spacial score (nSPS) is 14.1. The van der Waals surface area contributed by atoms with Gasteiger partial charge in [0.2, 0.25) is 0 Å². The number of nitrogens with two attached hydrogens (primary N) is 2. The second kappa shape index (κ2) is 10.1. The Hall–Kier alpha value is -3.15. The molecule has 2 aromatic rings. The van der Waals surface area contributed by atoms with E-state index in [0.29, 0.717) is 12.1 Å². The molecule has 0 saturated heterocycles. The summed E-state index contributed by atoms with van der Waals surface area (Å²) in [6.45, 7) is 1.19. The standard InChI is InChI=1S/C10H5F10N.C10H8F7N/c11-7(9(15,16)17,10(18,19)20)4-1-2-6(21)5(3-4)8(12,13)14;1-5-4-6(2-3-7(5)18)8(11,9(12,13)14)10(15,16)17/h1-3H,21H2;2-4H,18H2,1H3. The Morgan fingerprint density at radius 2 is 0.769 bits per heavy atom. The minimum Gasteiger partial charge on any atom is -0.399 e. The number of benzene rings is 2. The molecule has 0 heterocycles. The van der Waals surface area contributed by atoms with Crippen LogP contribution in [0.4, 0.5) is 86.0 Å². The molecule has 0 spiro atoms. The van der Waals surface area contributed by atoms with Crippen molar-refractivity contribution in [3.8, 4) is 0 Å². The highest BCUT2D eigenvalue weighted by molar-refractivity contribution is 5.52. The third kappa shape index (κ3) is 6.37. The summed E-state index contributed by atoms with van der Waals surface area (Å²) in [7, 11) is 0. The molecule has 0 bridgehead atoms. The van der Waals surface area contributed by atoms with Gasteiger partial charge in [0.25, 0.3) is 0 Å². The van der Waals surface area contributed by atoms with Crippen LogP contribution in [0, 0.1) is 6.92 Å². The van der Waals surface area contributed by atoms with E-state index < -0.39 is 70.7 Å². The van der Waals surface area contributed by atoms with Crippen LogP contribution in [0.1, 0.15) is 22.3 Å². The van der Waals surface area contributed by atoms with Crippen LogP contribution >= 0.6 is 0 Å². The van der Waals surface area contributed by atoms with Gasteiger partial charge < -0.3 is 11.5 Å². The first-order chi connectivity index (χ1) is 17.0. The molecule has 0 saturated carbocycles. The number of aryl methyl sites for hydroxylation is 1. The first-order valence-electron chi connectivity index (χ1n) is 9.52. The Kier molecular flexibility index (Phi) is 8.78. The number of halogens is 17. The van der Waals surface area contributed by atoms with Gasteiger partial charge in [-0.2, -0.15) is 65.9 Å². The fourth-order valence-electron chi connectivity index (χ4n) is 2.88. The van der Waals surface area contributed by atoms with E-state index in [2.05, 4.69) is 0 Å². The van der Waals surface area contributed by atoms with Crippen molar-refractivity contribution in [1.82, 2.24) is 0 Å². The molecule has 2 aromatic carbocycles. The van der Waals surface area contributed by atoms with Crippen LogP contribution in [0.25, 0.3) is 0 Å². The van der Waals surface area contributed by atoms with E-state index in [9.17, 15) is 74.6 Å². The molecule has 0 fully saturated rings. The van der Waals surface area contributed by atoms with Crippen LogP contribution < -0.4 is 11.5 Å². The zero-order valence-corrected chi connectivity index (χ0v) is 18.5. The topological polar surface area (TPSA) is 52.0 Å². The quantitative estimate of drug-likeness (QED) is 0.267. The van der Waals surface area contributed by atoms with Crippen LogP contribution in [0.5, 0.6) is 0 Å². The summed E-state index contributed by atoms with van der Waals surface area (Å²) in [5, 5.41) is 0. The molecule has 0 aromatic heterocycles. The summed E-state index contributed by atoms with van der Waals surface area (Å²) in [6.07, 6.45) is -30.5. The molecular formula is C20H13F17N2. The van der Waals surface area contributed by atoms with Crippen LogP contribution in [0.3, 0.4) is 0 Å². The summed E-state index contributed by atoms with van der Waals surface area (Å²) in [5.74, 6) is 0. The Morgan fingerprint density at radius 3 is 1.05 bits per heavy atom. The molecular weight excluding hydrogens is 591 g/mol. The molecule has 0 aliphatic rings. The maximum Gasteiger partial charge on any atom is 0.435 e. The third-order valence-electron chi connectivity index (χ3n) is 4.99. The lowest BCUT2D eigenvalue weighted by atomic mass is 9.92. The lowest BCUT2D eigenvalue weighted by molar-refractivity contribution is -0.349. The average Bonchev–Trinajstić information content (AvgIpc) is 2.71. The van der Waals surface area contributed by atoms with Crippen LogP contribution in [-0.4, -0.2) is 24.7 Å². The van der Waals surface area contributed by atoms with Crippen LogP contribution in [-0.2, 0) is 17.5 Å². The SMILES string of the molecule is Cc1cc(C(F)(C(F)(F)F)C(F)(F)F)ccc1N.Nc1ccc(C(F)(C(F)(F)F)C(F)(F)F)cc1C(F)(F)F. The Labute approximate surface area is 206 Å². The molecule has 0 atom stereocenters. The number of hydrogen-bond acceptors (Lipinski definition) is 2. The van der Waals surface area contributed by atoms with Crippen molar-refractivity contribution in [2.75, 3.05) is 11.5 Å². The summed E-state index contributed by atoms with van der Waals surface area (Å²) in [6, 6.07) is 1.06. The second-order valence-corrected chi connectivity index (χ2v) is 7.68. The minimum atomic E-state index is -6.50. The van der Waals surface area contributed by atoms with Gasteiger partial charge in [-0.15, -0.1) is 0 Å². The van der Waals surface area contributed by atoms with Gasteiger partial charge in [-0.1, -0.05) is 18.2 Å². The molecule has 0 aliphatic carbocycles. The molecule has 0 aliphatic heterocycles. The summed E-state index contributed by atoms with van der Waals surface area (Å²) in [4.78, 5) is 0. The molecule has 39 heavy (non-hydrogen) atoms. The van der Waals surface area contributed by atoms with E-state index in [1.165, 1.54) is 6.92 Å². The first-order valence-corrected chi connectivity index (χ1v) is 9.52. The number of anilines is 2. The van der Waals surface area contributed by atoms with Crippen LogP contribution in [0.2, 0.25) is 0 Å². The maximum atomic E-state index is 13.6. The Balaban J connectivity index is 0.000000395. The van der Waals surface area contributed by atoms with Crippen molar-refractivity contribution in [1.29, 1.82) is 0 Å².